The van der Waals surface area contributed by atoms with Crippen LogP contribution < -0.4 is 10.6 Å². The molecular weight excluding hydrogens is 524 g/mol. The molecule has 39 heavy (non-hydrogen) atoms. The van der Waals surface area contributed by atoms with Crippen molar-refractivity contribution >= 4 is 35.9 Å². The molecule has 0 fully saturated rings. The summed E-state index contributed by atoms with van der Waals surface area (Å²) in [6, 6.07) is 13.3. The number of carboxylic acid groups (broad SMARTS) is 1. The zero-order valence-corrected chi connectivity index (χ0v) is 22.0. The SMILES string of the molecule is C=CCOC(=O)N[C@H](CSC[C@@H](NC(=O)OCC1c2ccccc2-c2ccccc21)C(=O)O)C(=O)OCC=C. The summed E-state index contributed by atoms with van der Waals surface area (Å²) in [5, 5.41) is 14.3. The minimum Gasteiger partial charge on any atom is -0.480 e. The summed E-state index contributed by atoms with van der Waals surface area (Å²) in [7, 11) is 0. The van der Waals surface area contributed by atoms with Gasteiger partial charge in [-0.1, -0.05) is 73.8 Å². The van der Waals surface area contributed by atoms with Crippen molar-refractivity contribution in [1.29, 1.82) is 0 Å². The van der Waals surface area contributed by atoms with E-state index in [2.05, 4.69) is 23.8 Å². The van der Waals surface area contributed by atoms with E-state index in [0.717, 1.165) is 34.0 Å². The zero-order valence-electron chi connectivity index (χ0n) is 21.2. The first-order valence-electron chi connectivity index (χ1n) is 12.1. The molecule has 0 bridgehead atoms. The van der Waals surface area contributed by atoms with Crippen LogP contribution in [0.4, 0.5) is 9.59 Å². The number of fused-ring (bicyclic) bond motifs is 3. The van der Waals surface area contributed by atoms with E-state index in [1.165, 1.54) is 12.2 Å². The first kappa shape index (κ1) is 29.3. The van der Waals surface area contributed by atoms with Crippen LogP contribution in [0, 0.1) is 0 Å². The summed E-state index contributed by atoms with van der Waals surface area (Å²) < 4.78 is 15.3. The van der Waals surface area contributed by atoms with Gasteiger partial charge in [-0.2, -0.15) is 11.8 Å². The van der Waals surface area contributed by atoms with Gasteiger partial charge in [0.2, 0.25) is 0 Å². The van der Waals surface area contributed by atoms with Crippen molar-refractivity contribution in [3.63, 3.8) is 0 Å². The fraction of sp³-hybridized carbons (Fsp3) is 0.286. The molecule has 2 amide bonds. The number of hydrogen-bond acceptors (Lipinski definition) is 8. The Morgan fingerprint density at radius 1 is 0.821 bits per heavy atom. The van der Waals surface area contributed by atoms with Crippen LogP contribution in [0.1, 0.15) is 17.0 Å². The van der Waals surface area contributed by atoms with E-state index in [9.17, 15) is 24.3 Å². The van der Waals surface area contributed by atoms with Crippen LogP contribution in [0.2, 0.25) is 0 Å². The van der Waals surface area contributed by atoms with Crippen molar-refractivity contribution in [1.82, 2.24) is 10.6 Å². The molecule has 0 aromatic heterocycles. The van der Waals surface area contributed by atoms with E-state index in [0.29, 0.717) is 0 Å². The molecule has 2 atom stereocenters. The second-order valence-electron chi connectivity index (χ2n) is 8.40. The van der Waals surface area contributed by atoms with Crippen molar-refractivity contribution < 1.29 is 38.5 Å². The number of thioether (sulfide) groups is 1. The number of benzene rings is 2. The molecule has 0 saturated heterocycles. The largest absolute Gasteiger partial charge is 0.480 e. The van der Waals surface area contributed by atoms with Gasteiger partial charge in [-0.25, -0.2) is 19.2 Å². The van der Waals surface area contributed by atoms with E-state index in [4.69, 9.17) is 14.2 Å². The highest BCUT2D eigenvalue weighted by molar-refractivity contribution is 7.99. The molecule has 3 rings (SSSR count). The summed E-state index contributed by atoms with van der Waals surface area (Å²) in [5.74, 6) is -2.33. The number of ether oxygens (including phenoxy) is 3. The lowest BCUT2D eigenvalue weighted by Gasteiger charge is -2.19. The molecule has 0 heterocycles. The van der Waals surface area contributed by atoms with Crippen molar-refractivity contribution in [2.75, 3.05) is 31.3 Å². The number of alkyl carbamates (subject to hydrolysis) is 2. The molecular formula is C28H30N2O8S. The number of aliphatic carboxylic acids is 1. The molecule has 0 radical (unpaired) electrons. The first-order valence-corrected chi connectivity index (χ1v) is 13.2. The van der Waals surface area contributed by atoms with Crippen molar-refractivity contribution in [2.45, 2.75) is 18.0 Å². The Labute approximate surface area is 230 Å². The highest BCUT2D eigenvalue weighted by atomic mass is 32.2. The molecule has 2 aromatic carbocycles. The van der Waals surface area contributed by atoms with E-state index < -0.39 is 36.2 Å². The van der Waals surface area contributed by atoms with Crippen molar-refractivity contribution in [3.05, 3.63) is 85.0 Å². The lowest BCUT2D eigenvalue weighted by Crippen LogP contribution is -2.46. The van der Waals surface area contributed by atoms with Crippen LogP contribution in [0.25, 0.3) is 11.1 Å². The lowest BCUT2D eigenvalue weighted by molar-refractivity contribution is -0.144. The smallest absolute Gasteiger partial charge is 0.408 e. The van der Waals surface area contributed by atoms with Gasteiger partial charge < -0.3 is 30.0 Å². The molecule has 206 valence electrons. The minimum absolute atomic E-state index is 0.0324. The number of carboxylic acids is 1. The number of amides is 2. The molecule has 0 spiro atoms. The average molecular weight is 555 g/mol. The quantitative estimate of drug-likeness (QED) is 0.181. The normalized spacial score (nSPS) is 13.1. The molecule has 2 aromatic rings. The number of rotatable bonds is 14. The van der Waals surface area contributed by atoms with Gasteiger partial charge in [-0.15, -0.1) is 0 Å². The van der Waals surface area contributed by atoms with Crippen molar-refractivity contribution in [3.8, 4) is 11.1 Å². The summed E-state index contributed by atoms with van der Waals surface area (Å²) >= 11 is 1.02. The van der Waals surface area contributed by atoms with Crippen LogP contribution in [-0.4, -0.2) is 72.6 Å². The third-order valence-corrected chi connectivity index (χ3v) is 6.89. The van der Waals surface area contributed by atoms with E-state index >= 15 is 0 Å². The fourth-order valence-corrected chi connectivity index (χ4v) is 5.04. The van der Waals surface area contributed by atoms with Crippen molar-refractivity contribution in [2.24, 2.45) is 0 Å². The number of hydrogen-bond donors (Lipinski definition) is 3. The molecule has 10 nitrogen and oxygen atoms in total. The van der Waals surface area contributed by atoms with Crippen LogP contribution >= 0.6 is 11.8 Å². The standard InChI is InChI=1S/C28H30N2O8S/c1-3-13-36-26(33)24(30-27(34)37-14-4-2)17-39-16-23(25(31)32)29-28(35)38-15-22-20-11-7-5-9-18(20)19-10-6-8-12-21(19)22/h3-12,22-24H,1-2,13-17H2,(H,29,35)(H,30,34)(H,31,32)/t23-,24-/m1/s1. The van der Waals surface area contributed by atoms with Crippen LogP contribution in [0.5, 0.6) is 0 Å². The predicted molar refractivity (Wildman–Crippen MR) is 147 cm³/mol. The van der Waals surface area contributed by atoms with Gasteiger partial charge in [-0.3, -0.25) is 0 Å². The number of carbonyl (C=O) groups excluding carboxylic acids is 3. The van der Waals surface area contributed by atoms with Crippen LogP contribution in [-0.2, 0) is 23.8 Å². The van der Waals surface area contributed by atoms with E-state index in [1.54, 1.807) is 0 Å². The Hall–Kier alpha value is -4.25. The molecule has 3 N–H and O–H groups in total. The van der Waals surface area contributed by atoms with E-state index in [1.807, 2.05) is 48.5 Å². The molecule has 11 heteroatoms. The summed E-state index contributed by atoms with van der Waals surface area (Å²) in [6.07, 6.45) is 1.00. The van der Waals surface area contributed by atoms with Gasteiger partial charge >= 0.3 is 24.1 Å². The molecule has 0 aliphatic heterocycles. The van der Waals surface area contributed by atoms with Gasteiger partial charge in [0, 0.05) is 17.4 Å². The predicted octanol–water partition coefficient (Wildman–Crippen LogP) is 3.72. The maximum atomic E-state index is 12.5. The van der Waals surface area contributed by atoms with Gasteiger partial charge in [0.05, 0.1) is 0 Å². The monoisotopic (exact) mass is 554 g/mol. The lowest BCUT2D eigenvalue weighted by atomic mass is 9.98. The Bertz CT molecular complexity index is 1170. The highest BCUT2D eigenvalue weighted by Gasteiger charge is 2.30. The van der Waals surface area contributed by atoms with Gasteiger partial charge in [-0.05, 0) is 22.3 Å². The third kappa shape index (κ3) is 8.11. The Balaban J connectivity index is 1.55. The fourth-order valence-electron chi connectivity index (χ4n) is 3.99. The van der Waals surface area contributed by atoms with Crippen LogP contribution in [0.15, 0.2) is 73.8 Å². The summed E-state index contributed by atoms with van der Waals surface area (Å²) in [5.41, 5.74) is 4.21. The van der Waals surface area contributed by atoms with Gasteiger partial charge in [0.25, 0.3) is 0 Å². The highest BCUT2D eigenvalue weighted by Crippen LogP contribution is 2.44. The zero-order chi connectivity index (χ0) is 28.2. The summed E-state index contributed by atoms with van der Waals surface area (Å²) in [6.45, 7) is 6.82. The molecule has 0 saturated carbocycles. The molecule has 0 unspecified atom stereocenters. The first-order chi connectivity index (χ1) is 18.8. The van der Waals surface area contributed by atoms with E-state index in [-0.39, 0.29) is 37.2 Å². The number of carbonyl (C=O) groups is 4. The van der Waals surface area contributed by atoms with Gasteiger partial charge in [0.15, 0.2) is 0 Å². The minimum atomic E-state index is -1.30. The van der Waals surface area contributed by atoms with Gasteiger partial charge in [0.1, 0.15) is 31.9 Å². The Morgan fingerprint density at radius 2 is 1.33 bits per heavy atom. The number of esters is 1. The second kappa shape index (κ2) is 14.6. The second-order valence-corrected chi connectivity index (χ2v) is 9.48. The molecule has 1 aliphatic carbocycles. The average Bonchev–Trinajstić information content (AvgIpc) is 3.26. The maximum Gasteiger partial charge on any atom is 0.408 e. The molecule has 1 aliphatic rings. The maximum absolute atomic E-state index is 12.5. The summed E-state index contributed by atoms with van der Waals surface area (Å²) in [4.78, 5) is 48.5. The Morgan fingerprint density at radius 3 is 1.92 bits per heavy atom. The topological polar surface area (TPSA) is 140 Å². The third-order valence-electron chi connectivity index (χ3n) is 5.76. The Kier molecular flexibility index (Phi) is 11.0. The van der Waals surface area contributed by atoms with Crippen LogP contribution in [0.3, 0.4) is 0 Å². The number of nitrogens with one attached hydrogen (secondary N) is 2.